The third kappa shape index (κ3) is 5.98. The first-order valence-corrected chi connectivity index (χ1v) is 10.1. The third-order valence-corrected chi connectivity index (χ3v) is 5.15. The van der Waals surface area contributed by atoms with Crippen molar-refractivity contribution in [1.82, 2.24) is 0 Å². The number of hydrogen-bond donors (Lipinski definition) is 3. The molecule has 1 aliphatic heterocycles. The van der Waals surface area contributed by atoms with E-state index in [9.17, 15) is 41.0 Å². The Morgan fingerprint density at radius 2 is 1.63 bits per heavy atom. The van der Waals surface area contributed by atoms with Gasteiger partial charge >= 0.3 is 12.4 Å². The average molecular weight is 503 g/mol. The molecule has 13 heteroatoms. The van der Waals surface area contributed by atoms with Crippen LogP contribution in [0.1, 0.15) is 23.6 Å². The summed E-state index contributed by atoms with van der Waals surface area (Å²) in [5, 5.41) is 20.2. The summed E-state index contributed by atoms with van der Waals surface area (Å²) < 4.78 is 84.3. The molecule has 2 aromatic rings. The fraction of sp³-hybridized carbons (Fsp3) is 0.318. The summed E-state index contributed by atoms with van der Waals surface area (Å²) in [5.41, 5.74) is -2.86. The standard InChI is InChI=1S/C22H19F6N3O4/c1-11(29)12-2-4-15(5-3-12)30-19(33)17(32)18-20(34)31(6-7-35-18)16-9-13(21(23,24)25)8-14(10-16)22(26,27)28/h2-5,8-10,17-18,29,32H,6-7H2,1H3,(H,30,33). The smallest absolute Gasteiger partial charge is 0.380 e. The first kappa shape index (κ1) is 26.2. The first-order valence-electron chi connectivity index (χ1n) is 10.1. The Morgan fingerprint density at radius 3 is 2.11 bits per heavy atom. The van der Waals surface area contributed by atoms with Crippen molar-refractivity contribution in [3.63, 3.8) is 0 Å². The zero-order chi connectivity index (χ0) is 26.1. The van der Waals surface area contributed by atoms with Crippen molar-refractivity contribution in [3.05, 3.63) is 59.2 Å². The highest BCUT2D eigenvalue weighted by atomic mass is 19.4. The number of alkyl halides is 6. The molecule has 3 N–H and O–H groups in total. The van der Waals surface area contributed by atoms with Gasteiger partial charge in [0.05, 0.1) is 17.7 Å². The largest absolute Gasteiger partial charge is 0.416 e. The monoisotopic (exact) mass is 503 g/mol. The SMILES string of the molecule is CC(=N)c1ccc(NC(=O)C(O)C2OCCN(c3cc(C(F)(F)F)cc(C(F)(F)F)c3)C2=O)cc1. The zero-order valence-electron chi connectivity index (χ0n) is 18.0. The molecule has 7 nitrogen and oxygen atoms in total. The number of aliphatic hydroxyl groups is 1. The van der Waals surface area contributed by atoms with E-state index in [1.165, 1.54) is 24.3 Å². The highest BCUT2D eigenvalue weighted by Crippen LogP contribution is 2.39. The Bertz CT molecular complexity index is 1100. The number of carbonyl (C=O) groups is 2. The molecule has 1 heterocycles. The van der Waals surface area contributed by atoms with Crippen LogP contribution in [-0.4, -0.2) is 48.0 Å². The molecule has 0 bridgehead atoms. The molecule has 2 amide bonds. The molecule has 0 saturated carbocycles. The van der Waals surface area contributed by atoms with Crippen molar-refractivity contribution >= 4 is 28.9 Å². The number of ether oxygens (including phenoxy) is 1. The van der Waals surface area contributed by atoms with Crippen molar-refractivity contribution in [2.75, 3.05) is 23.4 Å². The number of halogens is 6. The van der Waals surface area contributed by atoms with Crippen LogP contribution in [0.3, 0.4) is 0 Å². The van der Waals surface area contributed by atoms with E-state index in [-0.39, 0.29) is 24.1 Å². The Hall–Kier alpha value is -3.45. The van der Waals surface area contributed by atoms with Gasteiger partial charge in [0.1, 0.15) is 0 Å². The van der Waals surface area contributed by atoms with Crippen LogP contribution >= 0.6 is 0 Å². The maximum Gasteiger partial charge on any atom is 0.416 e. The normalized spacial score (nSPS) is 17.8. The van der Waals surface area contributed by atoms with E-state index in [1.54, 1.807) is 6.92 Å². The van der Waals surface area contributed by atoms with Crippen LogP contribution in [0.5, 0.6) is 0 Å². The van der Waals surface area contributed by atoms with E-state index in [1.807, 2.05) is 0 Å². The van der Waals surface area contributed by atoms with Gasteiger partial charge in [-0.05, 0) is 42.8 Å². The molecule has 2 unspecified atom stereocenters. The summed E-state index contributed by atoms with van der Waals surface area (Å²) in [4.78, 5) is 25.9. The molecular weight excluding hydrogens is 484 g/mol. The van der Waals surface area contributed by atoms with Crippen LogP contribution in [0.15, 0.2) is 42.5 Å². The molecule has 3 rings (SSSR count). The van der Waals surface area contributed by atoms with Crippen molar-refractivity contribution in [2.24, 2.45) is 0 Å². The lowest BCUT2D eigenvalue weighted by molar-refractivity contribution is -0.150. The fourth-order valence-electron chi connectivity index (χ4n) is 3.34. The minimum atomic E-state index is -5.12. The summed E-state index contributed by atoms with van der Waals surface area (Å²) in [6.45, 7) is 0.801. The Kier molecular flexibility index (Phi) is 7.22. The molecule has 1 aliphatic rings. The van der Waals surface area contributed by atoms with E-state index in [4.69, 9.17) is 10.1 Å². The maximum absolute atomic E-state index is 13.2. The molecule has 0 aliphatic carbocycles. The number of benzene rings is 2. The lowest BCUT2D eigenvalue weighted by Gasteiger charge is -2.34. The molecule has 0 spiro atoms. The van der Waals surface area contributed by atoms with Crippen molar-refractivity contribution in [1.29, 1.82) is 5.41 Å². The fourth-order valence-corrected chi connectivity index (χ4v) is 3.34. The lowest BCUT2D eigenvalue weighted by atomic mass is 10.0. The summed E-state index contributed by atoms with van der Waals surface area (Å²) in [6.07, 6.45) is -14.2. The van der Waals surface area contributed by atoms with Gasteiger partial charge in [-0.1, -0.05) is 12.1 Å². The van der Waals surface area contributed by atoms with Gasteiger partial charge in [-0.15, -0.1) is 0 Å². The van der Waals surface area contributed by atoms with Gasteiger partial charge in [-0.25, -0.2) is 0 Å². The molecule has 1 fully saturated rings. The van der Waals surface area contributed by atoms with Gasteiger partial charge < -0.3 is 25.5 Å². The molecule has 188 valence electrons. The zero-order valence-corrected chi connectivity index (χ0v) is 18.0. The van der Waals surface area contributed by atoms with Crippen LogP contribution in [0.25, 0.3) is 0 Å². The maximum atomic E-state index is 13.2. The number of nitrogens with one attached hydrogen (secondary N) is 2. The van der Waals surface area contributed by atoms with Gasteiger partial charge in [0.25, 0.3) is 11.8 Å². The number of rotatable bonds is 5. The van der Waals surface area contributed by atoms with Crippen LogP contribution in [0, 0.1) is 5.41 Å². The Balaban J connectivity index is 1.83. The molecule has 2 aromatic carbocycles. The van der Waals surface area contributed by atoms with E-state index in [0.717, 1.165) is 0 Å². The van der Waals surface area contributed by atoms with Gasteiger partial charge in [-0.3, -0.25) is 9.59 Å². The van der Waals surface area contributed by atoms with Crippen LogP contribution in [0.2, 0.25) is 0 Å². The van der Waals surface area contributed by atoms with Crippen molar-refractivity contribution in [3.8, 4) is 0 Å². The van der Waals surface area contributed by atoms with Gasteiger partial charge in [0.15, 0.2) is 12.2 Å². The second kappa shape index (κ2) is 9.66. The highest BCUT2D eigenvalue weighted by molar-refractivity contribution is 6.04. The number of morpholine rings is 1. The number of nitrogens with zero attached hydrogens (tertiary/aromatic N) is 1. The van der Waals surface area contributed by atoms with Gasteiger partial charge in [-0.2, -0.15) is 26.3 Å². The van der Waals surface area contributed by atoms with E-state index in [0.29, 0.717) is 22.6 Å². The van der Waals surface area contributed by atoms with E-state index >= 15 is 0 Å². The number of amides is 2. The predicted octanol–water partition coefficient (Wildman–Crippen LogP) is 3.84. The van der Waals surface area contributed by atoms with Crippen LogP contribution in [-0.2, 0) is 26.7 Å². The number of aliphatic hydroxyl groups excluding tert-OH is 1. The molecule has 35 heavy (non-hydrogen) atoms. The van der Waals surface area contributed by atoms with Crippen molar-refractivity contribution < 1.29 is 45.8 Å². The van der Waals surface area contributed by atoms with Crippen molar-refractivity contribution in [2.45, 2.75) is 31.5 Å². The molecule has 1 saturated heterocycles. The first-order chi connectivity index (χ1) is 16.2. The topological polar surface area (TPSA) is 103 Å². The average Bonchev–Trinajstić information content (AvgIpc) is 2.77. The van der Waals surface area contributed by atoms with Gasteiger partial charge in [0, 0.05) is 23.6 Å². The molecular formula is C22H19F6N3O4. The summed E-state index contributed by atoms with van der Waals surface area (Å²) in [5.74, 6) is -2.26. The molecule has 0 aromatic heterocycles. The summed E-state index contributed by atoms with van der Waals surface area (Å²) in [6, 6.07) is 6.63. The lowest BCUT2D eigenvalue weighted by Crippen LogP contribution is -2.55. The summed E-state index contributed by atoms with van der Waals surface area (Å²) >= 11 is 0. The number of anilines is 2. The van der Waals surface area contributed by atoms with E-state index < -0.39 is 59.7 Å². The Morgan fingerprint density at radius 1 is 1.09 bits per heavy atom. The Labute approximate surface area is 194 Å². The van der Waals surface area contributed by atoms with Crippen LogP contribution in [0.4, 0.5) is 37.7 Å². The van der Waals surface area contributed by atoms with Gasteiger partial charge in [0.2, 0.25) is 0 Å². The second-order valence-corrected chi connectivity index (χ2v) is 7.68. The minimum Gasteiger partial charge on any atom is -0.380 e. The molecule has 0 radical (unpaired) electrons. The highest BCUT2D eigenvalue weighted by Gasteiger charge is 2.42. The van der Waals surface area contributed by atoms with E-state index in [2.05, 4.69) is 5.32 Å². The molecule has 2 atom stereocenters. The predicted molar refractivity (Wildman–Crippen MR) is 112 cm³/mol. The number of carbonyl (C=O) groups excluding carboxylic acids is 2. The third-order valence-electron chi connectivity index (χ3n) is 5.15. The summed E-state index contributed by atoms with van der Waals surface area (Å²) in [7, 11) is 0. The number of hydrogen-bond acceptors (Lipinski definition) is 5. The minimum absolute atomic E-state index is 0.0700. The quantitative estimate of drug-likeness (QED) is 0.426. The second-order valence-electron chi connectivity index (χ2n) is 7.68. The van der Waals surface area contributed by atoms with Crippen LogP contribution < -0.4 is 10.2 Å².